The van der Waals surface area contributed by atoms with Crippen LogP contribution in [0.4, 0.5) is 0 Å². The Hall–Kier alpha value is -0.0431. The van der Waals surface area contributed by atoms with Crippen molar-refractivity contribution in [3.63, 3.8) is 0 Å². The predicted molar refractivity (Wildman–Crippen MR) is 33.8 cm³/mol. The van der Waals surface area contributed by atoms with Crippen LogP contribution in [0.25, 0.3) is 0 Å². The Morgan fingerprint density at radius 3 is 2.50 bits per heavy atom. The summed E-state index contributed by atoms with van der Waals surface area (Å²) in [7, 11) is 0.222. The van der Waals surface area contributed by atoms with E-state index in [9.17, 15) is 0 Å². The van der Waals surface area contributed by atoms with Gasteiger partial charge in [-0.05, 0) is 6.42 Å². The van der Waals surface area contributed by atoms with E-state index >= 15 is 0 Å². The number of allylic oxidation sites excluding steroid dienone is 1. The van der Waals surface area contributed by atoms with Crippen molar-refractivity contribution in [2.75, 3.05) is 0 Å². The molecule has 0 bridgehead atoms. The maximum absolute atomic E-state index is 2.32. The second kappa shape index (κ2) is 4.96. The lowest BCUT2D eigenvalue weighted by molar-refractivity contribution is 1.23. The minimum Gasteiger partial charge on any atom is -0.106 e. The minimum atomic E-state index is 0.222. The van der Waals surface area contributed by atoms with Gasteiger partial charge in [0.2, 0.25) is 0 Å². The zero-order valence-electron chi connectivity index (χ0n) is 4.57. The minimum absolute atomic E-state index is 0.222. The van der Waals surface area contributed by atoms with Crippen molar-refractivity contribution in [1.82, 2.24) is 0 Å². The zero-order chi connectivity index (χ0) is 4.83. The topological polar surface area (TPSA) is 0 Å². The van der Waals surface area contributed by atoms with Crippen LogP contribution in [0.15, 0.2) is 11.8 Å². The molecular weight excluding hydrogens is 88.1 g/mol. The van der Waals surface area contributed by atoms with Gasteiger partial charge >= 0.3 is 0 Å². The van der Waals surface area contributed by atoms with Crippen LogP contribution in [0.5, 0.6) is 0 Å². The molecule has 0 rings (SSSR count). The fourth-order valence-corrected chi connectivity index (χ4v) is 1.00. The van der Waals surface area contributed by atoms with E-state index in [1.165, 1.54) is 6.42 Å². The van der Waals surface area contributed by atoms with Gasteiger partial charge in [-0.25, -0.2) is 0 Å². The maximum atomic E-state index is 2.32. The highest BCUT2D eigenvalue weighted by atomic mass is 28.2. The molecule has 0 unspecified atom stereocenters. The van der Waals surface area contributed by atoms with Crippen molar-refractivity contribution in [1.29, 1.82) is 0 Å². The van der Waals surface area contributed by atoms with E-state index in [2.05, 4.69) is 25.2 Å². The SMILES string of the molecule is CCC=C[SiH2]C. The molecule has 0 aromatic carbocycles. The highest BCUT2D eigenvalue weighted by molar-refractivity contribution is 6.40. The first-order chi connectivity index (χ1) is 2.91. The third-order valence-corrected chi connectivity index (χ3v) is 1.44. The van der Waals surface area contributed by atoms with E-state index in [4.69, 9.17) is 0 Å². The first-order valence-corrected chi connectivity index (χ1v) is 4.79. The molecule has 0 aromatic heterocycles. The van der Waals surface area contributed by atoms with E-state index < -0.39 is 0 Å². The zero-order valence-corrected chi connectivity index (χ0v) is 5.98. The number of rotatable bonds is 2. The molecule has 0 amide bonds. The summed E-state index contributed by atoms with van der Waals surface area (Å²) in [6.45, 7) is 4.45. The van der Waals surface area contributed by atoms with Gasteiger partial charge in [0.15, 0.2) is 0 Å². The molecule has 0 spiro atoms. The number of hydrogen-bond acceptors (Lipinski definition) is 0. The van der Waals surface area contributed by atoms with Gasteiger partial charge in [-0.1, -0.05) is 19.5 Å². The molecular formula is C5H12Si. The standard InChI is InChI=1S/C5H12Si/c1-3-4-5-6-2/h4-5H,3,6H2,1-2H3. The van der Waals surface area contributed by atoms with Crippen LogP contribution in [0.3, 0.4) is 0 Å². The third-order valence-electron chi connectivity index (χ3n) is 0.638. The molecule has 0 saturated carbocycles. The van der Waals surface area contributed by atoms with Crippen LogP contribution < -0.4 is 0 Å². The van der Waals surface area contributed by atoms with Crippen LogP contribution in [0, 0.1) is 0 Å². The van der Waals surface area contributed by atoms with Gasteiger partial charge in [0.05, 0.1) is 0 Å². The van der Waals surface area contributed by atoms with Gasteiger partial charge in [-0.15, -0.1) is 5.70 Å². The number of hydrogen-bond donors (Lipinski definition) is 0. The molecule has 6 heavy (non-hydrogen) atoms. The maximum Gasteiger partial charge on any atom is 0.0419 e. The molecule has 0 saturated heterocycles. The Morgan fingerprint density at radius 1 is 1.67 bits per heavy atom. The average molecular weight is 100 g/mol. The van der Waals surface area contributed by atoms with Crippen molar-refractivity contribution >= 4 is 9.52 Å². The Bertz CT molecular complexity index is 33.2. The van der Waals surface area contributed by atoms with Crippen LogP contribution in [-0.4, -0.2) is 9.52 Å². The molecule has 0 heterocycles. The van der Waals surface area contributed by atoms with Gasteiger partial charge in [0.1, 0.15) is 0 Å². The third kappa shape index (κ3) is 3.96. The summed E-state index contributed by atoms with van der Waals surface area (Å²) in [4.78, 5) is 0. The van der Waals surface area contributed by atoms with Crippen molar-refractivity contribution < 1.29 is 0 Å². The van der Waals surface area contributed by atoms with E-state index in [1.807, 2.05) is 0 Å². The largest absolute Gasteiger partial charge is 0.106 e. The molecule has 0 atom stereocenters. The van der Waals surface area contributed by atoms with Crippen LogP contribution in [0.2, 0.25) is 6.55 Å². The Morgan fingerprint density at radius 2 is 2.33 bits per heavy atom. The van der Waals surface area contributed by atoms with Crippen molar-refractivity contribution in [3.8, 4) is 0 Å². The molecule has 0 aromatic rings. The molecule has 0 aliphatic rings. The molecule has 0 radical (unpaired) electrons. The van der Waals surface area contributed by atoms with Crippen molar-refractivity contribution in [2.45, 2.75) is 19.9 Å². The molecule has 0 aliphatic carbocycles. The summed E-state index contributed by atoms with van der Waals surface area (Å²) in [5.74, 6) is 0. The first kappa shape index (κ1) is 5.96. The van der Waals surface area contributed by atoms with Gasteiger partial charge in [-0.3, -0.25) is 0 Å². The lowest BCUT2D eigenvalue weighted by atomic mass is 10.5. The lowest BCUT2D eigenvalue weighted by Gasteiger charge is -1.71. The van der Waals surface area contributed by atoms with E-state index in [1.54, 1.807) is 0 Å². The summed E-state index contributed by atoms with van der Waals surface area (Å²) in [5.41, 5.74) is 2.32. The van der Waals surface area contributed by atoms with Crippen LogP contribution in [0.1, 0.15) is 13.3 Å². The predicted octanol–water partition coefficient (Wildman–Crippen LogP) is 1.13. The summed E-state index contributed by atoms with van der Waals surface area (Å²) in [6.07, 6.45) is 3.45. The Kier molecular flexibility index (Phi) is 4.92. The van der Waals surface area contributed by atoms with E-state index in [-0.39, 0.29) is 9.52 Å². The summed E-state index contributed by atoms with van der Waals surface area (Å²) in [6, 6.07) is 0. The molecule has 0 fully saturated rings. The molecule has 0 nitrogen and oxygen atoms in total. The monoisotopic (exact) mass is 100 g/mol. The second-order valence-electron chi connectivity index (χ2n) is 1.29. The summed E-state index contributed by atoms with van der Waals surface area (Å²) >= 11 is 0. The summed E-state index contributed by atoms with van der Waals surface area (Å²) < 4.78 is 0. The Labute approximate surface area is 42.1 Å². The first-order valence-electron chi connectivity index (χ1n) is 2.56. The molecule has 1 heteroatoms. The van der Waals surface area contributed by atoms with E-state index in [0.717, 1.165) is 0 Å². The van der Waals surface area contributed by atoms with Crippen molar-refractivity contribution in [3.05, 3.63) is 11.8 Å². The fraction of sp³-hybridized carbons (Fsp3) is 0.600. The summed E-state index contributed by atoms with van der Waals surface area (Å²) in [5, 5.41) is 0. The average Bonchev–Trinajstić information content (AvgIpc) is 1.61. The smallest absolute Gasteiger partial charge is 0.0419 e. The van der Waals surface area contributed by atoms with E-state index in [0.29, 0.717) is 0 Å². The quantitative estimate of drug-likeness (QED) is 0.456. The molecule has 0 N–H and O–H groups in total. The highest BCUT2D eigenvalue weighted by Crippen LogP contribution is 1.74. The highest BCUT2D eigenvalue weighted by Gasteiger charge is 1.61. The van der Waals surface area contributed by atoms with Gasteiger partial charge in [0, 0.05) is 9.52 Å². The lowest BCUT2D eigenvalue weighted by Crippen LogP contribution is -1.66. The van der Waals surface area contributed by atoms with Crippen molar-refractivity contribution in [2.24, 2.45) is 0 Å². The van der Waals surface area contributed by atoms with Crippen LogP contribution >= 0.6 is 0 Å². The fourth-order valence-electron chi connectivity index (χ4n) is 0.333. The van der Waals surface area contributed by atoms with Gasteiger partial charge < -0.3 is 0 Å². The van der Waals surface area contributed by atoms with Gasteiger partial charge in [0.25, 0.3) is 0 Å². The van der Waals surface area contributed by atoms with Gasteiger partial charge in [-0.2, -0.15) is 0 Å². The Balaban J connectivity index is 2.73. The molecule has 0 aliphatic heterocycles. The second-order valence-corrected chi connectivity index (χ2v) is 2.58. The molecule has 36 valence electrons. The normalized spacial score (nSPS) is 12.3. The van der Waals surface area contributed by atoms with Crippen LogP contribution in [-0.2, 0) is 0 Å².